The van der Waals surface area contributed by atoms with E-state index >= 15 is 0 Å². The van der Waals surface area contributed by atoms with Crippen LogP contribution in [-0.4, -0.2) is 46.1 Å². The first-order chi connectivity index (χ1) is 14.6. The Labute approximate surface area is 174 Å². The fraction of sp³-hybridized carbons (Fsp3) is 0.105. The number of hydrogen-bond acceptors (Lipinski definition) is 8. The minimum absolute atomic E-state index is 0.198. The summed E-state index contributed by atoms with van der Waals surface area (Å²) < 4.78 is 1.55. The molecule has 1 amide bonds. The Morgan fingerprint density at radius 3 is 3.03 bits per heavy atom. The number of aromatic nitrogens is 8. The summed E-state index contributed by atoms with van der Waals surface area (Å²) in [6, 6.07) is 7.86. The summed E-state index contributed by atoms with van der Waals surface area (Å²) in [5, 5.41) is 24.8. The zero-order valence-corrected chi connectivity index (χ0v) is 16.6. The van der Waals surface area contributed by atoms with E-state index in [9.17, 15) is 4.79 Å². The molecule has 0 aliphatic rings. The van der Waals surface area contributed by atoms with Gasteiger partial charge in [-0.1, -0.05) is 17.4 Å². The highest BCUT2D eigenvalue weighted by atomic mass is 32.1. The number of hydrogen-bond donors (Lipinski definition) is 2. The standard InChI is InChI=1S/C19H15N9OS/c1-28-10-13(9-22-28)17(29)24-19-20-5-4-15(23-19)18-27-26-16(30-18)7-11-2-3-14-12(6-11)8-21-25-14/h2-6,8-10H,7H2,1H3,(H,21,25)(H,20,23,24,29). The average molecular weight is 417 g/mol. The zero-order valence-electron chi connectivity index (χ0n) is 15.8. The lowest BCUT2D eigenvalue weighted by Gasteiger charge is -2.02. The Morgan fingerprint density at radius 2 is 2.17 bits per heavy atom. The van der Waals surface area contributed by atoms with Gasteiger partial charge >= 0.3 is 0 Å². The van der Waals surface area contributed by atoms with E-state index in [4.69, 9.17) is 0 Å². The minimum Gasteiger partial charge on any atom is -0.290 e. The van der Waals surface area contributed by atoms with Gasteiger partial charge in [0.15, 0.2) is 5.01 Å². The molecular formula is C19H15N9OS. The van der Waals surface area contributed by atoms with Crippen molar-refractivity contribution in [2.45, 2.75) is 6.42 Å². The van der Waals surface area contributed by atoms with Gasteiger partial charge in [0.2, 0.25) is 5.95 Å². The first kappa shape index (κ1) is 18.1. The Bertz CT molecular complexity index is 1350. The number of benzene rings is 1. The number of nitrogens with zero attached hydrogens (tertiary/aromatic N) is 7. The van der Waals surface area contributed by atoms with Gasteiger partial charge in [0.05, 0.1) is 23.5 Å². The van der Waals surface area contributed by atoms with Crippen molar-refractivity contribution in [2.75, 3.05) is 5.32 Å². The first-order valence-corrected chi connectivity index (χ1v) is 9.83. The van der Waals surface area contributed by atoms with Crippen LogP contribution in [0.4, 0.5) is 5.95 Å². The van der Waals surface area contributed by atoms with Gasteiger partial charge in [-0.2, -0.15) is 10.2 Å². The summed E-state index contributed by atoms with van der Waals surface area (Å²) in [6.07, 6.45) is 7.14. The number of rotatable bonds is 5. The zero-order chi connectivity index (χ0) is 20.5. The van der Waals surface area contributed by atoms with Gasteiger partial charge in [-0.25, -0.2) is 9.97 Å². The number of H-pyrrole nitrogens is 1. The predicted molar refractivity (Wildman–Crippen MR) is 111 cm³/mol. The van der Waals surface area contributed by atoms with Crippen LogP contribution >= 0.6 is 11.3 Å². The van der Waals surface area contributed by atoms with Crippen molar-refractivity contribution in [3.05, 3.63) is 65.2 Å². The van der Waals surface area contributed by atoms with E-state index in [0.717, 1.165) is 21.5 Å². The van der Waals surface area contributed by atoms with Crippen LogP contribution in [0.5, 0.6) is 0 Å². The molecular weight excluding hydrogens is 402 g/mol. The Balaban J connectivity index is 1.33. The Kier molecular flexibility index (Phi) is 4.48. The van der Waals surface area contributed by atoms with E-state index in [1.165, 1.54) is 17.5 Å². The predicted octanol–water partition coefficient (Wildman–Crippen LogP) is 2.45. The van der Waals surface area contributed by atoms with Gasteiger partial charge in [-0.15, -0.1) is 10.2 Å². The van der Waals surface area contributed by atoms with E-state index in [1.54, 1.807) is 36.4 Å². The van der Waals surface area contributed by atoms with Crippen molar-refractivity contribution in [3.63, 3.8) is 0 Å². The van der Waals surface area contributed by atoms with Crippen LogP contribution in [0.1, 0.15) is 20.9 Å². The van der Waals surface area contributed by atoms with E-state index in [2.05, 4.69) is 46.8 Å². The normalized spacial score (nSPS) is 11.1. The fourth-order valence-corrected chi connectivity index (χ4v) is 3.80. The summed E-state index contributed by atoms with van der Waals surface area (Å²) in [7, 11) is 1.74. The van der Waals surface area contributed by atoms with E-state index in [-0.39, 0.29) is 11.9 Å². The summed E-state index contributed by atoms with van der Waals surface area (Å²) >= 11 is 1.45. The largest absolute Gasteiger partial charge is 0.290 e. The van der Waals surface area contributed by atoms with E-state index < -0.39 is 0 Å². The monoisotopic (exact) mass is 417 g/mol. The van der Waals surface area contributed by atoms with Gasteiger partial charge in [0.25, 0.3) is 5.91 Å². The number of amides is 1. The second kappa shape index (κ2) is 7.44. The van der Waals surface area contributed by atoms with Crippen LogP contribution in [-0.2, 0) is 13.5 Å². The van der Waals surface area contributed by atoms with Crippen LogP contribution in [0, 0.1) is 0 Å². The van der Waals surface area contributed by atoms with Crippen molar-refractivity contribution in [2.24, 2.45) is 7.05 Å². The highest BCUT2D eigenvalue weighted by Crippen LogP contribution is 2.24. The number of aryl methyl sites for hydroxylation is 1. The van der Waals surface area contributed by atoms with Crippen molar-refractivity contribution in [1.82, 2.24) is 40.1 Å². The van der Waals surface area contributed by atoms with Crippen LogP contribution in [0.25, 0.3) is 21.6 Å². The number of fused-ring (bicyclic) bond motifs is 1. The molecule has 0 bridgehead atoms. The molecule has 0 saturated carbocycles. The third kappa shape index (κ3) is 3.65. The summed E-state index contributed by atoms with van der Waals surface area (Å²) in [4.78, 5) is 20.8. The Morgan fingerprint density at radius 1 is 1.23 bits per heavy atom. The SMILES string of the molecule is Cn1cc(C(=O)Nc2nccc(-c3nnc(Cc4ccc5[nH]ncc5c4)s3)n2)cn1. The number of anilines is 1. The molecule has 0 radical (unpaired) electrons. The van der Waals surface area contributed by atoms with Crippen molar-refractivity contribution < 1.29 is 4.79 Å². The summed E-state index contributed by atoms with van der Waals surface area (Å²) in [5.41, 5.74) is 3.15. The molecule has 10 nitrogen and oxygen atoms in total. The molecule has 0 atom stereocenters. The molecule has 0 fully saturated rings. The molecule has 4 aromatic heterocycles. The lowest BCUT2D eigenvalue weighted by Crippen LogP contribution is -2.13. The molecule has 1 aromatic carbocycles. The van der Waals surface area contributed by atoms with Gasteiger partial charge < -0.3 is 0 Å². The number of nitrogens with one attached hydrogen (secondary N) is 2. The topological polar surface area (TPSA) is 127 Å². The molecule has 30 heavy (non-hydrogen) atoms. The lowest BCUT2D eigenvalue weighted by molar-refractivity contribution is 0.102. The molecule has 4 heterocycles. The smallest absolute Gasteiger partial charge is 0.261 e. The molecule has 0 aliphatic carbocycles. The number of carbonyl (C=O) groups excluding carboxylic acids is 1. The highest BCUT2D eigenvalue weighted by molar-refractivity contribution is 7.14. The second-order valence-corrected chi connectivity index (χ2v) is 7.65. The maximum absolute atomic E-state index is 12.3. The van der Waals surface area contributed by atoms with Crippen LogP contribution < -0.4 is 5.32 Å². The average Bonchev–Trinajstić information content (AvgIpc) is 3.49. The fourth-order valence-electron chi connectivity index (χ4n) is 2.96. The van der Waals surface area contributed by atoms with Gasteiger partial charge in [0.1, 0.15) is 10.7 Å². The summed E-state index contributed by atoms with van der Waals surface area (Å²) in [6.45, 7) is 0. The van der Waals surface area contributed by atoms with E-state index in [0.29, 0.717) is 22.7 Å². The van der Waals surface area contributed by atoms with Crippen LogP contribution in [0.15, 0.2) is 49.1 Å². The highest BCUT2D eigenvalue weighted by Gasteiger charge is 2.13. The second-order valence-electron chi connectivity index (χ2n) is 6.59. The van der Waals surface area contributed by atoms with Gasteiger partial charge in [0, 0.05) is 31.2 Å². The number of carbonyl (C=O) groups is 1. The summed E-state index contributed by atoms with van der Waals surface area (Å²) in [5.74, 6) is -0.128. The molecule has 0 aliphatic heterocycles. The molecule has 0 spiro atoms. The molecule has 11 heteroatoms. The third-order valence-electron chi connectivity index (χ3n) is 4.39. The van der Waals surface area contributed by atoms with Crippen molar-refractivity contribution >= 4 is 34.1 Å². The van der Waals surface area contributed by atoms with Crippen molar-refractivity contribution in [3.8, 4) is 10.7 Å². The maximum atomic E-state index is 12.3. The number of aromatic amines is 1. The molecule has 5 rings (SSSR count). The quantitative estimate of drug-likeness (QED) is 0.450. The van der Waals surface area contributed by atoms with Gasteiger partial charge in [-0.05, 0) is 23.8 Å². The molecule has 0 unspecified atom stereocenters. The molecule has 148 valence electrons. The van der Waals surface area contributed by atoms with E-state index in [1.807, 2.05) is 12.1 Å². The third-order valence-corrected chi connectivity index (χ3v) is 5.34. The van der Waals surface area contributed by atoms with Crippen LogP contribution in [0.2, 0.25) is 0 Å². The van der Waals surface area contributed by atoms with Crippen LogP contribution in [0.3, 0.4) is 0 Å². The lowest BCUT2D eigenvalue weighted by atomic mass is 10.1. The Hall–Kier alpha value is -3.99. The molecule has 0 saturated heterocycles. The van der Waals surface area contributed by atoms with Crippen molar-refractivity contribution in [1.29, 1.82) is 0 Å². The molecule has 5 aromatic rings. The maximum Gasteiger partial charge on any atom is 0.261 e. The minimum atomic E-state index is -0.326. The van der Waals surface area contributed by atoms with Gasteiger partial charge in [-0.3, -0.25) is 19.9 Å². The first-order valence-electron chi connectivity index (χ1n) is 9.02. The molecule has 2 N–H and O–H groups in total.